The third kappa shape index (κ3) is 2.85. The zero-order valence-electron chi connectivity index (χ0n) is 11.2. The molecule has 2 aromatic rings. The second-order valence-corrected chi connectivity index (χ2v) is 4.07. The highest BCUT2D eigenvalue weighted by atomic mass is 16.5. The van der Waals surface area contributed by atoms with Gasteiger partial charge in [-0.05, 0) is 24.3 Å². The lowest BCUT2D eigenvalue weighted by Gasteiger charge is -2.10. The van der Waals surface area contributed by atoms with Crippen LogP contribution >= 0.6 is 0 Å². The molecule has 6 nitrogen and oxygen atoms in total. The van der Waals surface area contributed by atoms with Crippen LogP contribution in [0.4, 0.5) is 0 Å². The lowest BCUT2D eigenvalue weighted by molar-refractivity contribution is 0.0600. The number of aldehydes is 1. The molecule has 0 fully saturated rings. The van der Waals surface area contributed by atoms with E-state index in [0.29, 0.717) is 29.8 Å². The number of carbonyl (C=O) groups is 2. The third-order valence-electron chi connectivity index (χ3n) is 2.82. The van der Waals surface area contributed by atoms with E-state index in [1.165, 1.54) is 7.11 Å². The lowest BCUT2D eigenvalue weighted by atomic mass is 10.1. The van der Waals surface area contributed by atoms with Gasteiger partial charge in [-0.15, -0.1) is 0 Å². The van der Waals surface area contributed by atoms with Crippen molar-refractivity contribution in [2.45, 2.75) is 6.54 Å². The smallest absolute Gasteiger partial charge is 0.337 e. The average Bonchev–Trinajstić information content (AvgIpc) is 2.94. The van der Waals surface area contributed by atoms with E-state index in [-0.39, 0.29) is 0 Å². The molecular weight excluding hydrogens is 260 g/mol. The topological polar surface area (TPSA) is 70.4 Å². The number of nitrogens with zero attached hydrogens (tertiary/aromatic N) is 2. The molecule has 0 aliphatic rings. The lowest BCUT2D eigenvalue weighted by Crippen LogP contribution is -2.06. The molecule has 1 heterocycles. The van der Waals surface area contributed by atoms with Crippen molar-refractivity contribution in [2.75, 3.05) is 14.2 Å². The summed E-state index contributed by atoms with van der Waals surface area (Å²) < 4.78 is 11.5. The molecule has 20 heavy (non-hydrogen) atoms. The third-order valence-corrected chi connectivity index (χ3v) is 2.82. The molecule has 0 amide bonds. The van der Waals surface area contributed by atoms with E-state index in [4.69, 9.17) is 4.74 Å². The molecule has 0 atom stereocenters. The fraction of sp³-hybridized carbons (Fsp3) is 0.214. The Morgan fingerprint density at radius 3 is 2.75 bits per heavy atom. The predicted molar refractivity (Wildman–Crippen MR) is 71.1 cm³/mol. The van der Waals surface area contributed by atoms with Crippen molar-refractivity contribution in [3.05, 3.63) is 47.3 Å². The number of hydrogen-bond acceptors (Lipinski definition) is 5. The molecule has 0 saturated carbocycles. The number of hydrogen-bond donors (Lipinski definition) is 0. The Kier molecular flexibility index (Phi) is 4.14. The van der Waals surface area contributed by atoms with Gasteiger partial charge in [-0.1, -0.05) is 0 Å². The first-order chi connectivity index (χ1) is 9.67. The second kappa shape index (κ2) is 6.01. The first-order valence-corrected chi connectivity index (χ1v) is 5.91. The van der Waals surface area contributed by atoms with Crippen LogP contribution < -0.4 is 4.74 Å². The van der Waals surface area contributed by atoms with Gasteiger partial charge < -0.3 is 9.47 Å². The highest BCUT2D eigenvalue weighted by Gasteiger charge is 2.11. The van der Waals surface area contributed by atoms with Gasteiger partial charge in [0.05, 0.1) is 26.3 Å². The molecular formula is C14H14N2O4. The van der Waals surface area contributed by atoms with Gasteiger partial charge >= 0.3 is 5.97 Å². The van der Waals surface area contributed by atoms with Crippen molar-refractivity contribution in [3.8, 4) is 5.75 Å². The van der Waals surface area contributed by atoms with E-state index in [1.54, 1.807) is 42.3 Å². The molecule has 104 valence electrons. The normalized spacial score (nSPS) is 10.1. The quantitative estimate of drug-likeness (QED) is 0.611. The molecule has 2 rings (SSSR count). The summed E-state index contributed by atoms with van der Waals surface area (Å²) in [4.78, 5) is 22.2. The van der Waals surface area contributed by atoms with Crippen LogP contribution in [0.3, 0.4) is 0 Å². The summed E-state index contributed by atoms with van der Waals surface area (Å²) in [7, 11) is 2.88. The van der Waals surface area contributed by atoms with Gasteiger partial charge in [0.25, 0.3) is 0 Å². The maximum Gasteiger partial charge on any atom is 0.337 e. The van der Waals surface area contributed by atoms with E-state index in [2.05, 4.69) is 9.84 Å². The molecule has 0 N–H and O–H groups in total. The van der Waals surface area contributed by atoms with Gasteiger partial charge in [0.2, 0.25) is 0 Å². The maximum atomic E-state index is 11.5. The fourth-order valence-corrected chi connectivity index (χ4v) is 1.85. The highest BCUT2D eigenvalue weighted by Crippen LogP contribution is 2.21. The van der Waals surface area contributed by atoms with Crippen molar-refractivity contribution in [1.82, 2.24) is 9.78 Å². The van der Waals surface area contributed by atoms with Crippen LogP contribution in [0.1, 0.15) is 26.4 Å². The number of rotatable bonds is 5. The van der Waals surface area contributed by atoms with Crippen LogP contribution in [0.2, 0.25) is 0 Å². The van der Waals surface area contributed by atoms with E-state index >= 15 is 0 Å². The average molecular weight is 274 g/mol. The van der Waals surface area contributed by atoms with Crippen molar-refractivity contribution >= 4 is 12.3 Å². The van der Waals surface area contributed by atoms with Gasteiger partial charge in [-0.3, -0.25) is 9.48 Å². The summed E-state index contributed by atoms with van der Waals surface area (Å²) >= 11 is 0. The number of ether oxygens (including phenoxy) is 2. The van der Waals surface area contributed by atoms with Gasteiger partial charge in [0, 0.05) is 11.8 Å². The first-order valence-electron chi connectivity index (χ1n) is 5.91. The number of aromatic nitrogens is 2. The van der Waals surface area contributed by atoms with Crippen LogP contribution in [0.15, 0.2) is 30.5 Å². The molecule has 1 aromatic heterocycles. The first kappa shape index (κ1) is 13.8. The zero-order chi connectivity index (χ0) is 14.5. The standard InChI is InChI=1S/C14H14N2O4/c1-19-13-4-3-10(14(18)20-2)7-11(13)8-16-6-5-12(9-17)15-16/h3-7,9H,8H2,1-2H3. The molecule has 0 bridgehead atoms. The summed E-state index contributed by atoms with van der Waals surface area (Å²) in [6, 6.07) is 6.64. The highest BCUT2D eigenvalue weighted by molar-refractivity contribution is 5.89. The summed E-state index contributed by atoms with van der Waals surface area (Å²) in [5, 5.41) is 4.07. The van der Waals surface area contributed by atoms with E-state index in [9.17, 15) is 9.59 Å². The molecule has 0 spiro atoms. The largest absolute Gasteiger partial charge is 0.496 e. The predicted octanol–water partition coefficient (Wildman–Crippen LogP) is 1.54. The molecule has 0 radical (unpaired) electrons. The minimum Gasteiger partial charge on any atom is -0.496 e. The van der Waals surface area contributed by atoms with Crippen LogP contribution in [0, 0.1) is 0 Å². The van der Waals surface area contributed by atoms with Crippen molar-refractivity contribution in [2.24, 2.45) is 0 Å². The second-order valence-electron chi connectivity index (χ2n) is 4.07. The zero-order valence-corrected chi connectivity index (χ0v) is 11.2. The van der Waals surface area contributed by atoms with E-state index in [1.807, 2.05) is 0 Å². The fourth-order valence-electron chi connectivity index (χ4n) is 1.85. The molecule has 0 aliphatic heterocycles. The van der Waals surface area contributed by atoms with Gasteiger partial charge in [-0.2, -0.15) is 5.10 Å². The summed E-state index contributed by atoms with van der Waals surface area (Å²) in [6.07, 6.45) is 2.37. The van der Waals surface area contributed by atoms with Crippen LogP contribution in [0.25, 0.3) is 0 Å². The van der Waals surface area contributed by atoms with E-state index in [0.717, 1.165) is 5.56 Å². The Morgan fingerprint density at radius 2 is 2.15 bits per heavy atom. The molecule has 1 aromatic carbocycles. The van der Waals surface area contributed by atoms with Crippen molar-refractivity contribution < 1.29 is 19.1 Å². The Balaban J connectivity index is 2.32. The maximum absolute atomic E-state index is 11.5. The van der Waals surface area contributed by atoms with Gasteiger partial charge in [0.15, 0.2) is 6.29 Å². The van der Waals surface area contributed by atoms with Crippen molar-refractivity contribution in [3.63, 3.8) is 0 Å². The SMILES string of the molecule is COC(=O)c1ccc(OC)c(Cn2ccc(C=O)n2)c1. The Hall–Kier alpha value is -2.63. The monoisotopic (exact) mass is 274 g/mol. The molecule has 0 unspecified atom stereocenters. The summed E-state index contributed by atoms with van der Waals surface area (Å²) in [6.45, 7) is 0.391. The van der Waals surface area contributed by atoms with Gasteiger partial charge in [-0.25, -0.2) is 4.79 Å². The Bertz CT molecular complexity index is 634. The number of esters is 1. The van der Waals surface area contributed by atoms with E-state index < -0.39 is 5.97 Å². The number of benzene rings is 1. The van der Waals surface area contributed by atoms with Crippen LogP contribution in [-0.4, -0.2) is 36.3 Å². The Morgan fingerprint density at radius 1 is 1.35 bits per heavy atom. The van der Waals surface area contributed by atoms with Crippen molar-refractivity contribution in [1.29, 1.82) is 0 Å². The van der Waals surface area contributed by atoms with Crippen LogP contribution in [0.5, 0.6) is 5.75 Å². The van der Waals surface area contributed by atoms with Gasteiger partial charge in [0.1, 0.15) is 11.4 Å². The Labute approximate surface area is 115 Å². The summed E-state index contributed by atoms with van der Waals surface area (Å²) in [5.41, 5.74) is 1.56. The minimum atomic E-state index is -0.414. The molecule has 0 saturated heterocycles. The number of carbonyl (C=O) groups excluding carboxylic acids is 2. The minimum absolute atomic E-state index is 0.355. The molecule has 0 aliphatic carbocycles. The molecule has 6 heteroatoms. The summed E-state index contributed by atoms with van der Waals surface area (Å²) in [5.74, 6) is 0.226. The van der Waals surface area contributed by atoms with Crippen LogP contribution in [-0.2, 0) is 11.3 Å². The number of methoxy groups -OCH3 is 2.